The van der Waals surface area contributed by atoms with Gasteiger partial charge in [-0.1, -0.05) is 12.1 Å². The van der Waals surface area contributed by atoms with E-state index < -0.39 is 20.0 Å². The van der Waals surface area contributed by atoms with Gasteiger partial charge in [-0.2, -0.15) is 0 Å². The lowest BCUT2D eigenvalue weighted by atomic mass is 10.1. The molecule has 0 spiro atoms. The average molecular weight is 367 g/mol. The number of carbonyl (C=O) groups is 1. The van der Waals surface area contributed by atoms with Gasteiger partial charge in [0.15, 0.2) is 0 Å². The number of fused-ring (bicyclic) bond motifs is 1. The van der Waals surface area contributed by atoms with Gasteiger partial charge in [0, 0.05) is 0 Å². The topological polar surface area (TPSA) is 135 Å². The summed E-state index contributed by atoms with van der Waals surface area (Å²) < 4.78 is 49.7. The highest BCUT2D eigenvalue weighted by Crippen LogP contribution is 2.32. The summed E-state index contributed by atoms with van der Waals surface area (Å²) in [5.41, 5.74) is 1.37. The van der Waals surface area contributed by atoms with Gasteiger partial charge in [-0.15, -0.1) is 0 Å². The van der Waals surface area contributed by atoms with Gasteiger partial charge in [0.2, 0.25) is 15.9 Å². The molecule has 126 valence electrons. The SMILES string of the molecule is NS(=O)(=O)c1ccc(S(=O)(=O)Nc2cccc3c2NC(=O)C3)cc1. The predicted molar refractivity (Wildman–Crippen MR) is 87.4 cm³/mol. The molecule has 1 amide bonds. The second kappa shape index (κ2) is 5.58. The second-order valence-corrected chi connectivity index (χ2v) is 8.43. The van der Waals surface area contributed by atoms with E-state index in [4.69, 9.17) is 5.14 Å². The Balaban J connectivity index is 1.93. The van der Waals surface area contributed by atoms with Crippen LogP contribution in [0.4, 0.5) is 11.4 Å². The molecule has 1 heterocycles. The average Bonchev–Trinajstić information content (AvgIpc) is 2.88. The van der Waals surface area contributed by atoms with Crippen molar-refractivity contribution >= 4 is 37.3 Å². The molecule has 0 fully saturated rings. The Morgan fingerprint density at radius 2 is 1.58 bits per heavy atom. The number of anilines is 2. The maximum absolute atomic E-state index is 12.4. The first-order valence-electron chi connectivity index (χ1n) is 6.74. The van der Waals surface area contributed by atoms with E-state index in [1.807, 2.05) is 0 Å². The van der Waals surface area contributed by atoms with Gasteiger partial charge < -0.3 is 5.32 Å². The Morgan fingerprint density at radius 1 is 0.958 bits per heavy atom. The zero-order valence-corrected chi connectivity index (χ0v) is 13.8. The molecule has 4 N–H and O–H groups in total. The highest BCUT2D eigenvalue weighted by atomic mass is 32.2. The third-order valence-corrected chi connectivity index (χ3v) is 5.78. The standard InChI is InChI=1S/C14H13N3O5S2/c15-23(19,20)10-4-6-11(7-5-10)24(21,22)17-12-3-1-2-9-8-13(18)16-14(9)12/h1-7,17H,8H2,(H,16,18)(H2,15,19,20). The first-order chi connectivity index (χ1) is 11.2. The summed E-state index contributed by atoms with van der Waals surface area (Å²) in [7, 11) is -7.85. The fraction of sp³-hybridized carbons (Fsp3) is 0.0714. The molecule has 2 aromatic rings. The number of nitrogens with one attached hydrogen (secondary N) is 2. The van der Waals surface area contributed by atoms with Crippen molar-refractivity contribution in [3.05, 3.63) is 48.0 Å². The minimum atomic E-state index is -3.95. The first-order valence-corrected chi connectivity index (χ1v) is 9.77. The molecule has 0 radical (unpaired) electrons. The molecule has 2 aromatic carbocycles. The van der Waals surface area contributed by atoms with Crippen molar-refractivity contribution in [2.75, 3.05) is 10.0 Å². The minimum absolute atomic E-state index is 0.128. The fourth-order valence-corrected chi connectivity index (χ4v) is 3.94. The summed E-state index contributed by atoms with van der Waals surface area (Å²) in [5, 5.41) is 7.59. The smallest absolute Gasteiger partial charge is 0.261 e. The number of benzene rings is 2. The van der Waals surface area contributed by atoms with E-state index >= 15 is 0 Å². The normalized spacial score (nSPS) is 14.1. The molecule has 1 aliphatic rings. The largest absolute Gasteiger partial charge is 0.324 e. The summed E-state index contributed by atoms with van der Waals surface area (Å²) in [5.74, 6) is -0.214. The molecule has 0 saturated carbocycles. The van der Waals surface area contributed by atoms with E-state index in [0.717, 1.165) is 24.3 Å². The number of sulfonamides is 2. The lowest BCUT2D eigenvalue weighted by molar-refractivity contribution is -0.115. The monoisotopic (exact) mass is 367 g/mol. The van der Waals surface area contributed by atoms with Gasteiger partial charge in [-0.3, -0.25) is 9.52 Å². The quantitative estimate of drug-likeness (QED) is 0.728. The fourth-order valence-electron chi connectivity index (χ4n) is 2.35. The highest BCUT2D eigenvalue weighted by Gasteiger charge is 2.23. The minimum Gasteiger partial charge on any atom is -0.324 e. The molecule has 3 rings (SSSR count). The Bertz CT molecular complexity index is 1030. The van der Waals surface area contributed by atoms with E-state index in [9.17, 15) is 21.6 Å². The lowest BCUT2D eigenvalue weighted by Gasteiger charge is -2.12. The molecule has 0 unspecified atom stereocenters. The van der Waals surface area contributed by atoms with Gasteiger partial charge in [-0.05, 0) is 35.9 Å². The molecule has 0 bridgehead atoms. The first kappa shape index (κ1) is 16.4. The molecule has 1 aliphatic heterocycles. The van der Waals surface area contributed by atoms with E-state index in [1.165, 1.54) is 6.07 Å². The molecular formula is C14H13N3O5S2. The molecule has 0 aromatic heterocycles. The number of amides is 1. The molecule has 8 nitrogen and oxygen atoms in total. The third kappa shape index (κ3) is 3.11. The zero-order chi connectivity index (χ0) is 17.5. The molecule has 10 heteroatoms. The van der Waals surface area contributed by atoms with Crippen LogP contribution in [0, 0.1) is 0 Å². The summed E-state index contributed by atoms with van der Waals surface area (Å²) in [4.78, 5) is 11.1. The van der Waals surface area contributed by atoms with Crippen LogP contribution in [-0.4, -0.2) is 22.7 Å². The molecule has 24 heavy (non-hydrogen) atoms. The van der Waals surface area contributed by atoms with Crippen LogP contribution in [0.3, 0.4) is 0 Å². The van der Waals surface area contributed by atoms with E-state index in [0.29, 0.717) is 11.3 Å². The third-order valence-electron chi connectivity index (χ3n) is 3.47. The number of hydrogen-bond acceptors (Lipinski definition) is 5. The van der Waals surface area contributed by atoms with E-state index in [1.54, 1.807) is 12.1 Å². The predicted octanol–water partition coefficient (Wildman–Crippen LogP) is 0.629. The van der Waals surface area contributed by atoms with Gasteiger partial charge >= 0.3 is 0 Å². The highest BCUT2D eigenvalue weighted by molar-refractivity contribution is 7.92. The van der Waals surface area contributed by atoms with Crippen molar-refractivity contribution < 1.29 is 21.6 Å². The number of primary sulfonamides is 1. The maximum Gasteiger partial charge on any atom is 0.261 e. The van der Waals surface area contributed by atoms with Crippen molar-refractivity contribution in [2.45, 2.75) is 16.2 Å². The van der Waals surface area contributed by atoms with Crippen LogP contribution >= 0.6 is 0 Å². The van der Waals surface area contributed by atoms with Crippen molar-refractivity contribution in [3.63, 3.8) is 0 Å². The maximum atomic E-state index is 12.4. The Hall–Kier alpha value is -2.43. The number of carbonyl (C=O) groups excluding carboxylic acids is 1. The van der Waals surface area contributed by atoms with Crippen molar-refractivity contribution in [2.24, 2.45) is 5.14 Å². The number of rotatable bonds is 4. The van der Waals surface area contributed by atoms with Gasteiger partial charge in [-0.25, -0.2) is 22.0 Å². The van der Waals surface area contributed by atoms with Crippen LogP contribution < -0.4 is 15.2 Å². The number of nitrogens with two attached hydrogens (primary N) is 1. The second-order valence-electron chi connectivity index (χ2n) is 5.19. The van der Waals surface area contributed by atoms with Crippen molar-refractivity contribution in [3.8, 4) is 0 Å². The zero-order valence-electron chi connectivity index (χ0n) is 12.2. The van der Waals surface area contributed by atoms with Crippen molar-refractivity contribution in [1.82, 2.24) is 0 Å². The van der Waals surface area contributed by atoms with Crippen LogP contribution in [0.15, 0.2) is 52.3 Å². The van der Waals surface area contributed by atoms with Gasteiger partial charge in [0.1, 0.15) is 0 Å². The Morgan fingerprint density at radius 3 is 2.21 bits per heavy atom. The van der Waals surface area contributed by atoms with Crippen LogP contribution in [0.25, 0.3) is 0 Å². The van der Waals surface area contributed by atoms with Crippen LogP contribution in [0.5, 0.6) is 0 Å². The molecular weight excluding hydrogens is 354 g/mol. The van der Waals surface area contributed by atoms with Gasteiger partial charge in [0.05, 0.1) is 27.6 Å². The molecule has 0 saturated heterocycles. The van der Waals surface area contributed by atoms with Gasteiger partial charge in [0.25, 0.3) is 10.0 Å². The number of hydrogen-bond donors (Lipinski definition) is 3. The summed E-state index contributed by atoms with van der Waals surface area (Å²) >= 11 is 0. The molecule has 0 aliphatic carbocycles. The summed E-state index contributed by atoms with van der Waals surface area (Å²) in [6.07, 6.45) is 0.188. The lowest BCUT2D eigenvalue weighted by Crippen LogP contribution is -2.16. The van der Waals surface area contributed by atoms with E-state index in [2.05, 4.69) is 10.0 Å². The molecule has 0 atom stereocenters. The van der Waals surface area contributed by atoms with Crippen LogP contribution in [-0.2, 0) is 31.3 Å². The van der Waals surface area contributed by atoms with Crippen LogP contribution in [0.2, 0.25) is 0 Å². The Labute approximate surface area is 138 Å². The summed E-state index contributed by atoms with van der Waals surface area (Å²) in [6, 6.07) is 9.41. The van der Waals surface area contributed by atoms with E-state index in [-0.39, 0.29) is 27.8 Å². The Kier molecular flexibility index (Phi) is 3.82. The summed E-state index contributed by atoms with van der Waals surface area (Å²) in [6.45, 7) is 0. The number of para-hydroxylation sites is 1. The van der Waals surface area contributed by atoms with Crippen LogP contribution in [0.1, 0.15) is 5.56 Å². The van der Waals surface area contributed by atoms with Crippen molar-refractivity contribution in [1.29, 1.82) is 0 Å².